The second-order valence-electron chi connectivity index (χ2n) is 5.02. The topological polar surface area (TPSA) is 68.3 Å². The molecule has 0 spiro atoms. The van der Waals surface area contributed by atoms with Gasteiger partial charge in [0.05, 0.1) is 0 Å². The first-order chi connectivity index (χ1) is 10.5. The van der Waals surface area contributed by atoms with Gasteiger partial charge in [-0.1, -0.05) is 43.3 Å². The summed E-state index contributed by atoms with van der Waals surface area (Å²) in [7, 11) is -3.62. The molecule has 5 nitrogen and oxygen atoms in total. The minimum Gasteiger partial charge on any atom is -0.473 e. The number of rotatable bonds is 7. The number of sulfonamides is 1. The second-order valence-corrected chi connectivity index (χ2v) is 6.68. The maximum Gasteiger partial charge on any atom is 0.258 e. The van der Waals surface area contributed by atoms with E-state index in [-0.39, 0.29) is 16.9 Å². The Morgan fingerprint density at radius 3 is 2.55 bits per heavy atom. The molecule has 2 rings (SSSR count). The van der Waals surface area contributed by atoms with Gasteiger partial charge in [-0.25, -0.2) is 18.1 Å². The van der Waals surface area contributed by atoms with E-state index in [4.69, 9.17) is 4.74 Å². The van der Waals surface area contributed by atoms with Gasteiger partial charge in [0.1, 0.15) is 6.61 Å². The van der Waals surface area contributed by atoms with Crippen molar-refractivity contribution in [2.75, 3.05) is 0 Å². The van der Waals surface area contributed by atoms with E-state index in [1.165, 1.54) is 6.07 Å². The van der Waals surface area contributed by atoms with Gasteiger partial charge < -0.3 is 4.74 Å². The average Bonchev–Trinajstić information content (AvgIpc) is 2.54. The van der Waals surface area contributed by atoms with E-state index in [1.807, 2.05) is 44.2 Å². The van der Waals surface area contributed by atoms with E-state index < -0.39 is 10.0 Å². The molecule has 0 aliphatic rings. The maximum absolute atomic E-state index is 12.2. The van der Waals surface area contributed by atoms with E-state index in [1.54, 1.807) is 12.1 Å². The zero-order valence-electron chi connectivity index (χ0n) is 12.7. The number of hydrogen-bond donors (Lipinski definition) is 1. The third kappa shape index (κ3) is 4.54. The molecule has 0 saturated carbocycles. The molecule has 2 aromatic rings. The Morgan fingerprint density at radius 2 is 1.86 bits per heavy atom. The SMILES string of the molecule is CCC(C)NS(=O)(=O)c1cccc(OCc2ccccc2)n1. The molecule has 0 amide bonds. The van der Waals surface area contributed by atoms with Crippen LogP contribution in [0.4, 0.5) is 0 Å². The molecule has 1 heterocycles. The summed E-state index contributed by atoms with van der Waals surface area (Å²) in [5, 5.41) is -0.0293. The fourth-order valence-corrected chi connectivity index (χ4v) is 3.05. The van der Waals surface area contributed by atoms with Crippen molar-refractivity contribution >= 4 is 10.0 Å². The van der Waals surface area contributed by atoms with Gasteiger partial charge in [-0.15, -0.1) is 0 Å². The van der Waals surface area contributed by atoms with Gasteiger partial charge >= 0.3 is 0 Å². The molecule has 0 aliphatic carbocycles. The van der Waals surface area contributed by atoms with Crippen LogP contribution in [0.15, 0.2) is 53.6 Å². The van der Waals surface area contributed by atoms with Gasteiger partial charge in [0, 0.05) is 12.1 Å². The zero-order valence-corrected chi connectivity index (χ0v) is 13.5. The van der Waals surface area contributed by atoms with Crippen molar-refractivity contribution in [2.45, 2.75) is 37.9 Å². The molecule has 1 atom stereocenters. The predicted molar refractivity (Wildman–Crippen MR) is 85.1 cm³/mol. The lowest BCUT2D eigenvalue weighted by Gasteiger charge is -2.12. The number of pyridine rings is 1. The van der Waals surface area contributed by atoms with E-state index in [0.717, 1.165) is 5.56 Å². The van der Waals surface area contributed by atoms with Crippen LogP contribution >= 0.6 is 0 Å². The molecule has 1 unspecified atom stereocenters. The fraction of sp³-hybridized carbons (Fsp3) is 0.312. The van der Waals surface area contributed by atoms with Crippen LogP contribution in [0.3, 0.4) is 0 Å². The van der Waals surface area contributed by atoms with Crippen LogP contribution in [0.1, 0.15) is 25.8 Å². The Morgan fingerprint density at radius 1 is 1.14 bits per heavy atom. The van der Waals surface area contributed by atoms with Gasteiger partial charge in [-0.05, 0) is 25.0 Å². The quantitative estimate of drug-likeness (QED) is 0.852. The van der Waals surface area contributed by atoms with Crippen molar-refractivity contribution in [3.8, 4) is 5.88 Å². The summed E-state index contributed by atoms with van der Waals surface area (Å²) < 4.78 is 32.5. The molecule has 1 aromatic carbocycles. The van der Waals surface area contributed by atoms with Crippen molar-refractivity contribution in [3.63, 3.8) is 0 Å². The Hall–Kier alpha value is -1.92. The van der Waals surface area contributed by atoms with Gasteiger partial charge in [-0.3, -0.25) is 0 Å². The molecule has 22 heavy (non-hydrogen) atoms. The molecule has 6 heteroatoms. The van der Waals surface area contributed by atoms with E-state index >= 15 is 0 Å². The molecule has 0 fully saturated rings. The highest BCUT2D eigenvalue weighted by molar-refractivity contribution is 7.89. The number of aromatic nitrogens is 1. The minimum absolute atomic E-state index is 0.0293. The van der Waals surface area contributed by atoms with Crippen molar-refractivity contribution in [1.29, 1.82) is 0 Å². The van der Waals surface area contributed by atoms with E-state index in [0.29, 0.717) is 13.0 Å². The highest BCUT2D eigenvalue weighted by Gasteiger charge is 2.18. The molecule has 0 bridgehead atoms. The summed E-state index contributed by atoms with van der Waals surface area (Å²) in [6.45, 7) is 4.07. The summed E-state index contributed by atoms with van der Waals surface area (Å²) in [5.41, 5.74) is 0.996. The molecule has 0 saturated heterocycles. The Labute approximate surface area is 131 Å². The van der Waals surface area contributed by atoms with Crippen LogP contribution in [0.25, 0.3) is 0 Å². The standard InChI is InChI=1S/C16H20N2O3S/c1-3-13(2)18-22(19,20)16-11-7-10-15(17-16)21-12-14-8-5-4-6-9-14/h4-11,13,18H,3,12H2,1-2H3. The lowest BCUT2D eigenvalue weighted by molar-refractivity contribution is 0.291. The molecular weight excluding hydrogens is 300 g/mol. The number of benzene rings is 1. The van der Waals surface area contributed by atoms with Crippen LogP contribution in [-0.4, -0.2) is 19.4 Å². The average molecular weight is 320 g/mol. The van der Waals surface area contributed by atoms with E-state index in [9.17, 15) is 8.42 Å². The van der Waals surface area contributed by atoms with Crippen molar-refractivity contribution in [3.05, 3.63) is 54.1 Å². The molecular formula is C16H20N2O3S. The Bertz CT molecular complexity index is 702. The largest absolute Gasteiger partial charge is 0.473 e. The second kappa shape index (κ2) is 7.38. The van der Waals surface area contributed by atoms with Gasteiger partial charge in [-0.2, -0.15) is 0 Å². The highest BCUT2D eigenvalue weighted by atomic mass is 32.2. The number of nitrogens with zero attached hydrogens (tertiary/aromatic N) is 1. The third-order valence-corrected chi connectivity index (χ3v) is 4.66. The first kappa shape index (κ1) is 16.5. The lowest BCUT2D eigenvalue weighted by atomic mass is 10.2. The van der Waals surface area contributed by atoms with Crippen molar-refractivity contribution in [2.24, 2.45) is 0 Å². The number of hydrogen-bond acceptors (Lipinski definition) is 4. The smallest absolute Gasteiger partial charge is 0.258 e. The third-order valence-electron chi connectivity index (χ3n) is 3.17. The Balaban J connectivity index is 2.09. The van der Waals surface area contributed by atoms with Crippen LogP contribution in [0, 0.1) is 0 Å². The Kier molecular flexibility index (Phi) is 5.51. The fourth-order valence-electron chi connectivity index (χ4n) is 1.77. The van der Waals surface area contributed by atoms with Crippen LogP contribution in [0.2, 0.25) is 0 Å². The van der Waals surface area contributed by atoms with Gasteiger partial charge in [0.2, 0.25) is 5.88 Å². The summed E-state index contributed by atoms with van der Waals surface area (Å²) in [5.74, 6) is 0.288. The molecule has 0 radical (unpaired) electrons. The number of ether oxygens (including phenoxy) is 1. The minimum atomic E-state index is -3.62. The molecule has 1 aromatic heterocycles. The number of nitrogens with one attached hydrogen (secondary N) is 1. The highest BCUT2D eigenvalue weighted by Crippen LogP contribution is 2.14. The monoisotopic (exact) mass is 320 g/mol. The van der Waals surface area contributed by atoms with Crippen LogP contribution < -0.4 is 9.46 Å². The van der Waals surface area contributed by atoms with Crippen LogP contribution in [0.5, 0.6) is 5.88 Å². The van der Waals surface area contributed by atoms with Crippen molar-refractivity contribution < 1.29 is 13.2 Å². The predicted octanol–water partition coefficient (Wildman–Crippen LogP) is 2.74. The van der Waals surface area contributed by atoms with Crippen LogP contribution in [-0.2, 0) is 16.6 Å². The first-order valence-electron chi connectivity index (χ1n) is 7.17. The van der Waals surface area contributed by atoms with Crippen molar-refractivity contribution in [1.82, 2.24) is 9.71 Å². The van der Waals surface area contributed by atoms with Gasteiger partial charge in [0.15, 0.2) is 5.03 Å². The zero-order chi connectivity index (χ0) is 16.0. The maximum atomic E-state index is 12.2. The summed E-state index contributed by atoms with van der Waals surface area (Å²) in [4.78, 5) is 4.07. The lowest BCUT2D eigenvalue weighted by Crippen LogP contribution is -2.32. The van der Waals surface area contributed by atoms with E-state index in [2.05, 4.69) is 9.71 Å². The first-order valence-corrected chi connectivity index (χ1v) is 8.65. The normalized spacial score (nSPS) is 12.8. The summed E-state index contributed by atoms with van der Waals surface area (Å²) in [6, 6.07) is 14.2. The summed E-state index contributed by atoms with van der Waals surface area (Å²) >= 11 is 0. The van der Waals surface area contributed by atoms with Gasteiger partial charge in [0.25, 0.3) is 10.0 Å². The molecule has 0 aliphatic heterocycles. The molecule has 118 valence electrons. The summed E-state index contributed by atoms with van der Waals surface area (Å²) in [6.07, 6.45) is 0.712. The molecule has 1 N–H and O–H groups in total.